The van der Waals surface area contributed by atoms with E-state index in [0.717, 1.165) is 11.3 Å². The van der Waals surface area contributed by atoms with E-state index in [1.165, 1.54) is 0 Å². The fraction of sp³-hybridized carbons (Fsp3) is 0.143. The number of H-pyrrole nitrogens is 2. The van der Waals surface area contributed by atoms with Gasteiger partial charge in [-0.25, -0.2) is 13.4 Å². The second-order valence-electron chi connectivity index (χ2n) is 4.91. The minimum Gasteiger partial charge on any atom is -0.345 e. The molecule has 0 amide bonds. The molecule has 0 aliphatic heterocycles. The van der Waals surface area contributed by atoms with Crippen LogP contribution in [0.1, 0.15) is 11.4 Å². The Morgan fingerprint density at radius 3 is 2.68 bits per heavy atom. The second kappa shape index (κ2) is 5.30. The molecule has 3 rings (SSSR count). The monoisotopic (exact) mass is 317 g/mol. The van der Waals surface area contributed by atoms with Crippen molar-refractivity contribution in [1.29, 1.82) is 0 Å². The van der Waals surface area contributed by atoms with Crippen LogP contribution in [0.2, 0.25) is 0 Å². The van der Waals surface area contributed by atoms with Gasteiger partial charge in [0.2, 0.25) is 0 Å². The summed E-state index contributed by atoms with van der Waals surface area (Å²) in [6.45, 7) is 3.33. The number of aromatic amines is 2. The molecule has 0 spiro atoms. The zero-order chi connectivity index (χ0) is 15.7. The van der Waals surface area contributed by atoms with Crippen molar-refractivity contribution in [3.05, 3.63) is 48.2 Å². The Hall–Kier alpha value is -2.61. The first-order valence-corrected chi connectivity index (χ1v) is 8.09. The maximum Gasteiger partial charge on any atom is 0.265 e. The van der Waals surface area contributed by atoms with Crippen LogP contribution in [0.25, 0.3) is 11.3 Å². The summed E-state index contributed by atoms with van der Waals surface area (Å²) in [6, 6.07) is 7.10. The number of hydrogen-bond donors (Lipinski definition) is 3. The van der Waals surface area contributed by atoms with Gasteiger partial charge in [0, 0.05) is 11.3 Å². The summed E-state index contributed by atoms with van der Waals surface area (Å²) in [5.74, 6) is 0. The summed E-state index contributed by atoms with van der Waals surface area (Å²) < 4.78 is 27.6. The molecule has 1 aromatic carbocycles. The van der Waals surface area contributed by atoms with Crippen LogP contribution in [0.3, 0.4) is 0 Å². The van der Waals surface area contributed by atoms with Crippen LogP contribution in [0.4, 0.5) is 5.69 Å². The van der Waals surface area contributed by atoms with E-state index >= 15 is 0 Å². The summed E-state index contributed by atoms with van der Waals surface area (Å²) in [5, 5.41) is 6.60. The van der Waals surface area contributed by atoms with Crippen molar-refractivity contribution in [2.45, 2.75) is 18.7 Å². The molecule has 8 heteroatoms. The minimum atomic E-state index is -3.69. The quantitative estimate of drug-likeness (QED) is 0.686. The Balaban J connectivity index is 1.95. The minimum absolute atomic E-state index is 0.180. The van der Waals surface area contributed by atoms with Gasteiger partial charge in [0.1, 0.15) is 4.90 Å². The van der Waals surface area contributed by atoms with Crippen molar-refractivity contribution in [2.75, 3.05) is 4.72 Å². The average Bonchev–Trinajstić information content (AvgIpc) is 3.09. The number of imidazole rings is 1. The van der Waals surface area contributed by atoms with Crippen LogP contribution < -0.4 is 4.72 Å². The third-order valence-corrected chi connectivity index (χ3v) is 4.90. The van der Waals surface area contributed by atoms with Crippen LogP contribution >= 0.6 is 0 Å². The van der Waals surface area contributed by atoms with Gasteiger partial charge in [-0.3, -0.25) is 9.82 Å². The van der Waals surface area contributed by atoms with Gasteiger partial charge < -0.3 is 4.98 Å². The third-order valence-electron chi connectivity index (χ3n) is 3.25. The topological polar surface area (TPSA) is 104 Å². The summed E-state index contributed by atoms with van der Waals surface area (Å²) in [4.78, 5) is 7.13. The lowest BCUT2D eigenvalue weighted by atomic mass is 10.1. The van der Waals surface area contributed by atoms with Crippen LogP contribution in [-0.2, 0) is 10.0 Å². The van der Waals surface area contributed by atoms with E-state index < -0.39 is 10.0 Å². The molecule has 0 aliphatic rings. The third kappa shape index (κ3) is 2.60. The molecule has 0 unspecified atom stereocenters. The molecular formula is C14H15N5O2S. The first-order chi connectivity index (χ1) is 10.5. The van der Waals surface area contributed by atoms with Gasteiger partial charge in [0.15, 0.2) is 0 Å². The van der Waals surface area contributed by atoms with E-state index in [2.05, 4.69) is 24.9 Å². The number of aromatic nitrogens is 4. The van der Waals surface area contributed by atoms with Crippen molar-refractivity contribution in [3.8, 4) is 11.3 Å². The number of aryl methyl sites for hydroxylation is 2. The normalized spacial score (nSPS) is 11.5. The molecule has 2 aromatic heterocycles. The lowest BCUT2D eigenvalue weighted by Crippen LogP contribution is -2.14. The predicted octanol–water partition coefficient (Wildman–Crippen LogP) is 2.22. The molecule has 0 fully saturated rings. The molecule has 0 atom stereocenters. The summed E-state index contributed by atoms with van der Waals surface area (Å²) in [5.41, 5.74) is 3.09. The highest BCUT2D eigenvalue weighted by atomic mass is 32.2. The standard InChI is InChI=1S/C14H15N5O2S/c1-9-14(10(2)18-17-9)22(20,21)19-12-5-3-4-11(6-12)13-7-15-8-16-13/h3-8,19H,1-2H3,(H,15,16)(H,17,18). The first kappa shape index (κ1) is 14.3. The number of anilines is 1. The fourth-order valence-electron chi connectivity index (χ4n) is 2.31. The number of rotatable bonds is 4. The number of benzene rings is 1. The van der Waals surface area contributed by atoms with E-state index in [0.29, 0.717) is 17.1 Å². The maximum absolute atomic E-state index is 12.5. The molecule has 3 aromatic rings. The number of hydrogen-bond acceptors (Lipinski definition) is 4. The highest BCUT2D eigenvalue weighted by molar-refractivity contribution is 7.92. The molecule has 0 saturated heterocycles. The zero-order valence-corrected chi connectivity index (χ0v) is 12.9. The predicted molar refractivity (Wildman–Crippen MR) is 82.9 cm³/mol. The van der Waals surface area contributed by atoms with E-state index in [1.54, 1.807) is 44.6 Å². The van der Waals surface area contributed by atoms with Crippen LogP contribution in [-0.4, -0.2) is 28.6 Å². The Bertz CT molecular complexity index is 878. The van der Waals surface area contributed by atoms with Crippen LogP contribution in [0.15, 0.2) is 41.7 Å². The number of nitrogens with zero attached hydrogens (tertiary/aromatic N) is 2. The molecule has 0 radical (unpaired) electrons. The smallest absolute Gasteiger partial charge is 0.265 e. The van der Waals surface area contributed by atoms with Crippen molar-refractivity contribution in [2.24, 2.45) is 0 Å². The molecule has 0 saturated carbocycles. The van der Waals surface area contributed by atoms with Gasteiger partial charge >= 0.3 is 0 Å². The molecule has 7 nitrogen and oxygen atoms in total. The van der Waals surface area contributed by atoms with Crippen molar-refractivity contribution < 1.29 is 8.42 Å². The molecular weight excluding hydrogens is 302 g/mol. The number of nitrogens with one attached hydrogen (secondary N) is 3. The van der Waals surface area contributed by atoms with Crippen molar-refractivity contribution in [3.63, 3.8) is 0 Å². The van der Waals surface area contributed by atoms with Gasteiger partial charge in [0.05, 0.1) is 29.6 Å². The highest BCUT2D eigenvalue weighted by Crippen LogP contribution is 2.24. The number of sulfonamides is 1. The van der Waals surface area contributed by atoms with Crippen molar-refractivity contribution in [1.82, 2.24) is 20.2 Å². The lowest BCUT2D eigenvalue weighted by Gasteiger charge is -2.09. The molecule has 22 heavy (non-hydrogen) atoms. The Labute approximate surface area is 127 Å². The van der Waals surface area contributed by atoms with Crippen molar-refractivity contribution >= 4 is 15.7 Å². The summed E-state index contributed by atoms with van der Waals surface area (Å²) in [6.07, 6.45) is 3.25. The maximum atomic E-state index is 12.5. The van der Waals surface area contributed by atoms with E-state index in [4.69, 9.17) is 0 Å². The Morgan fingerprint density at radius 2 is 2.05 bits per heavy atom. The molecule has 2 heterocycles. The summed E-state index contributed by atoms with van der Waals surface area (Å²) in [7, 11) is -3.69. The average molecular weight is 317 g/mol. The summed E-state index contributed by atoms with van der Waals surface area (Å²) >= 11 is 0. The second-order valence-corrected chi connectivity index (χ2v) is 6.53. The Morgan fingerprint density at radius 1 is 1.23 bits per heavy atom. The van der Waals surface area contributed by atoms with Gasteiger partial charge in [-0.1, -0.05) is 12.1 Å². The van der Waals surface area contributed by atoms with Gasteiger partial charge in [-0.05, 0) is 26.0 Å². The SMILES string of the molecule is Cc1n[nH]c(C)c1S(=O)(=O)Nc1cccc(-c2cnc[nH]2)c1. The lowest BCUT2D eigenvalue weighted by molar-refractivity contribution is 0.600. The molecule has 0 aliphatic carbocycles. The Kier molecular flexibility index (Phi) is 3.45. The van der Waals surface area contributed by atoms with Crippen LogP contribution in [0.5, 0.6) is 0 Å². The zero-order valence-electron chi connectivity index (χ0n) is 12.1. The van der Waals surface area contributed by atoms with Crippen LogP contribution in [0, 0.1) is 13.8 Å². The first-order valence-electron chi connectivity index (χ1n) is 6.60. The molecule has 114 valence electrons. The van der Waals surface area contributed by atoms with Gasteiger partial charge in [-0.2, -0.15) is 5.10 Å². The van der Waals surface area contributed by atoms with E-state index in [-0.39, 0.29) is 4.90 Å². The van der Waals surface area contributed by atoms with Gasteiger partial charge in [0.25, 0.3) is 10.0 Å². The molecule has 3 N–H and O–H groups in total. The van der Waals surface area contributed by atoms with E-state index in [1.807, 2.05) is 6.07 Å². The molecule has 0 bridgehead atoms. The largest absolute Gasteiger partial charge is 0.345 e. The fourth-order valence-corrected chi connectivity index (χ4v) is 3.73. The van der Waals surface area contributed by atoms with E-state index in [9.17, 15) is 8.42 Å². The highest BCUT2D eigenvalue weighted by Gasteiger charge is 2.22. The van der Waals surface area contributed by atoms with Gasteiger partial charge in [-0.15, -0.1) is 0 Å².